The number of rotatable bonds is 7. The van der Waals surface area contributed by atoms with Crippen molar-refractivity contribution in [1.82, 2.24) is 0 Å². The highest BCUT2D eigenvalue weighted by Crippen LogP contribution is 2.36. The fraction of sp³-hybridized carbons (Fsp3) is 0.455. The highest BCUT2D eigenvalue weighted by Gasteiger charge is 2.51. The van der Waals surface area contributed by atoms with E-state index < -0.39 is 36.8 Å². The first-order valence-corrected chi connectivity index (χ1v) is 10.1. The van der Waals surface area contributed by atoms with E-state index in [1.165, 1.54) is 6.92 Å². The molecule has 0 aliphatic carbocycles. The van der Waals surface area contributed by atoms with Gasteiger partial charge in [-0.1, -0.05) is 23.7 Å². The number of aliphatic hydroxyl groups is 5. The normalized spacial score (nSPS) is 28.4. The number of benzene rings is 2. The smallest absolute Gasteiger partial charge is 0.229 e. The van der Waals surface area contributed by atoms with Crippen molar-refractivity contribution >= 4 is 11.6 Å². The first kappa shape index (κ1) is 23.7. The van der Waals surface area contributed by atoms with Gasteiger partial charge in [0.15, 0.2) is 0 Å². The van der Waals surface area contributed by atoms with E-state index in [0.29, 0.717) is 28.3 Å². The van der Waals surface area contributed by atoms with Crippen molar-refractivity contribution in [2.75, 3.05) is 13.7 Å². The van der Waals surface area contributed by atoms with E-state index in [2.05, 4.69) is 0 Å². The van der Waals surface area contributed by atoms with Gasteiger partial charge in [-0.2, -0.15) is 0 Å². The summed E-state index contributed by atoms with van der Waals surface area (Å²) in [6.07, 6.45) is -5.72. The van der Waals surface area contributed by atoms with Crippen LogP contribution in [-0.4, -0.2) is 69.5 Å². The second kappa shape index (κ2) is 9.70. The van der Waals surface area contributed by atoms with Gasteiger partial charge in [0, 0.05) is 17.0 Å². The molecule has 170 valence electrons. The highest BCUT2D eigenvalue weighted by atomic mass is 35.5. The minimum absolute atomic E-state index is 0.236. The molecular weight excluding hydrogens is 428 g/mol. The van der Waals surface area contributed by atoms with Gasteiger partial charge in [0.2, 0.25) is 6.29 Å². The Morgan fingerprint density at radius 2 is 1.71 bits per heavy atom. The summed E-state index contributed by atoms with van der Waals surface area (Å²) in [5.74, 6) is 0.941. The van der Waals surface area contributed by atoms with E-state index in [1.807, 2.05) is 24.3 Å². The Bertz CT molecular complexity index is 890. The lowest BCUT2D eigenvalue weighted by Gasteiger charge is -2.45. The largest absolute Gasteiger partial charge is 0.497 e. The number of hydrogen-bond donors (Lipinski definition) is 5. The summed E-state index contributed by atoms with van der Waals surface area (Å²) in [4.78, 5) is 0. The molecule has 1 aliphatic rings. The Balaban J connectivity index is 1.94. The van der Waals surface area contributed by atoms with Crippen molar-refractivity contribution in [1.29, 1.82) is 0 Å². The molecule has 5 N–H and O–H groups in total. The molecule has 0 bridgehead atoms. The molecule has 0 aromatic heterocycles. The lowest BCUT2D eigenvalue weighted by Crippen LogP contribution is -2.65. The van der Waals surface area contributed by atoms with Crippen molar-refractivity contribution < 1.29 is 39.7 Å². The molecule has 2 aromatic rings. The molecule has 1 aliphatic heterocycles. The summed E-state index contributed by atoms with van der Waals surface area (Å²) >= 11 is 6.46. The van der Waals surface area contributed by atoms with E-state index in [1.54, 1.807) is 19.2 Å². The monoisotopic (exact) mass is 454 g/mol. The molecule has 1 heterocycles. The van der Waals surface area contributed by atoms with Gasteiger partial charge < -0.3 is 39.7 Å². The maximum atomic E-state index is 10.4. The SMILES string of the molecule is COc1ccc(Cc2c(Cl)cc(CO)cc2O[C@@H]2O[C@](C)(CO)[C@@H](O)[C@H](O)[C@H]2O)cc1. The number of hydrogen-bond acceptors (Lipinski definition) is 8. The number of methoxy groups -OCH3 is 1. The van der Waals surface area contributed by atoms with Crippen molar-refractivity contribution in [2.24, 2.45) is 0 Å². The van der Waals surface area contributed by atoms with E-state index in [4.69, 9.17) is 25.8 Å². The third-order valence-electron chi connectivity index (χ3n) is 5.46. The topological polar surface area (TPSA) is 129 Å². The van der Waals surface area contributed by atoms with Gasteiger partial charge in [-0.05, 0) is 42.3 Å². The molecule has 8 nitrogen and oxygen atoms in total. The fourth-order valence-corrected chi connectivity index (χ4v) is 3.74. The van der Waals surface area contributed by atoms with Crippen LogP contribution in [0.15, 0.2) is 36.4 Å². The van der Waals surface area contributed by atoms with Crippen LogP contribution < -0.4 is 9.47 Å². The molecule has 0 spiro atoms. The van der Waals surface area contributed by atoms with Gasteiger partial charge in [-0.15, -0.1) is 0 Å². The van der Waals surface area contributed by atoms with E-state index >= 15 is 0 Å². The molecule has 0 saturated carbocycles. The molecule has 3 rings (SSSR count). The summed E-state index contributed by atoms with van der Waals surface area (Å²) < 4.78 is 16.7. The highest BCUT2D eigenvalue weighted by molar-refractivity contribution is 6.31. The molecule has 9 heteroatoms. The standard InChI is InChI=1S/C22H27ClO8/c1-22(11-25)20(28)18(26)19(27)21(31-22)30-17-9-13(10-24)8-16(23)15(17)7-12-3-5-14(29-2)6-4-12/h3-6,8-9,18-21,24-28H,7,10-11H2,1-2H3/t18-,19-,20+,21-,22-/m1/s1. The molecule has 5 atom stereocenters. The molecule has 0 radical (unpaired) electrons. The van der Waals surface area contributed by atoms with Crippen LogP contribution in [0.3, 0.4) is 0 Å². The lowest BCUT2D eigenvalue weighted by molar-refractivity contribution is -0.313. The number of ether oxygens (including phenoxy) is 3. The Hall–Kier alpha value is -1.91. The quantitative estimate of drug-likeness (QED) is 0.419. The summed E-state index contributed by atoms with van der Waals surface area (Å²) in [5.41, 5.74) is 0.420. The van der Waals surface area contributed by atoms with Crippen LogP contribution in [0.25, 0.3) is 0 Å². The summed E-state index contributed by atoms with van der Waals surface area (Å²) in [7, 11) is 1.58. The van der Waals surface area contributed by atoms with Crippen LogP contribution in [0.1, 0.15) is 23.6 Å². The maximum Gasteiger partial charge on any atom is 0.229 e. The van der Waals surface area contributed by atoms with Crippen LogP contribution in [0.5, 0.6) is 11.5 Å². The second-order valence-corrected chi connectivity index (χ2v) is 8.15. The maximum absolute atomic E-state index is 10.4. The van der Waals surface area contributed by atoms with Crippen molar-refractivity contribution in [3.8, 4) is 11.5 Å². The number of halogens is 1. The van der Waals surface area contributed by atoms with E-state index in [9.17, 15) is 25.5 Å². The molecular formula is C22H27ClO8. The first-order chi connectivity index (χ1) is 14.7. The second-order valence-electron chi connectivity index (χ2n) is 7.74. The minimum atomic E-state index is -1.60. The van der Waals surface area contributed by atoms with Crippen LogP contribution in [0.2, 0.25) is 5.02 Å². The van der Waals surface area contributed by atoms with E-state index in [-0.39, 0.29) is 12.4 Å². The summed E-state index contributed by atoms with van der Waals surface area (Å²) in [6, 6.07) is 10.5. The lowest BCUT2D eigenvalue weighted by atomic mass is 9.89. The average molecular weight is 455 g/mol. The van der Waals surface area contributed by atoms with Crippen LogP contribution in [0, 0.1) is 0 Å². The van der Waals surface area contributed by atoms with Gasteiger partial charge in [-0.25, -0.2) is 0 Å². The minimum Gasteiger partial charge on any atom is -0.497 e. The average Bonchev–Trinajstić information content (AvgIpc) is 2.78. The summed E-state index contributed by atoms with van der Waals surface area (Å²) in [5, 5.41) is 50.3. The third kappa shape index (κ3) is 4.96. The zero-order valence-corrected chi connectivity index (χ0v) is 18.0. The van der Waals surface area contributed by atoms with Crippen LogP contribution in [-0.2, 0) is 17.8 Å². The zero-order valence-electron chi connectivity index (χ0n) is 17.2. The van der Waals surface area contributed by atoms with Crippen LogP contribution >= 0.6 is 11.6 Å². The molecule has 31 heavy (non-hydrogen) atoms. The van der Waals surface area contributed by atoms with Gasteiger partial charge >= 0.3 is 0 Å². The molecule has 1 saturated heterocycles. The van der Waals surface area contributed by atoms with Gasteiger partial charge in [-0.3, -0.25) is 0 Å². The zero-order chi connectivity index (χ0) is 22.8. The molecule has 0 unspecified atom stereocenters. The first-order valence-electron chi connectivity index (χ1n) is 9.77. The van der Waals surface area contributed by atoms with E-state index in [0.717, 1.165) is 5.56 Å². The number of aliphatic hydroxyl groups excluding tert-OH is 5. The molecule has 0 amide bonds. The van der Waals surface area contributed by atoms with Gasteiger partial charge in [0.25, 0.3) is 0 Å². The van der Waals surface area contributed by atoms with Crippen molar-refractivity contribution in [3.63, 3.8) is 0 Å². The molecule has 2 aromatic carbocycles. The summed E-state index contributed by atoms with van der Waals surface area (Å²) in [6.45, 7) is 0.509. The Morgan fingerprint density at radius 3 is 2.29 bits per heavy atom. The fourth-order valence-electron chi connectivity index (χ4n) is 3.44. The predicted octanol–water partition coefficient (Wildman–Crippen LogP) is 1.00. The van der Waals surface area contributed by atoms with Gasteiger partial charge in [0.1, 0.15) is 35.4 Å². The van der Waals surface area contributed by atoms with Crippen molar-refractivity contribution in [3.05, 3.63) is 58.1 Å². The Morgan fingerprint density at radius 1 is 1.03 bits per heavy atom. The predicted molar refractivity (Wildman–Crippen MR) is 112 cm³/mol. The van der Waals surface area contributed by atoms with Crippen LogP contribution in [0.4, 0.5) is 0 Å². The van der Waals surface area contributed by atoms with Gasteiger partial charge in [0.05, 0.1) is 20.3 Å². The molecule has 1 fully saturated rings. The Labute approximate surface area is 185 Å². The third-order valence-corrected chi connectivity index (χ3v) is 5.79. The Kier molecular flexibility index (Phi) is 7.43. The van der Waals surface area contributed by atoms with Crippen molar-refractivity contribution in [2.45, 2.75) is 50.2 Å².